The first-order valence-electron chi connectivity index (χ1n) is 7.11. The third-order valence-electron chi connectivity index (χ3n) is 3.35. The van der Waals surface area contributed by atoms with Crippen molar-refractivity contribution >= 4 is 11.6 Å². The molecule has 2 aromatic carbocycles. The molecule has 0 saturated heterocycles. The van der Waals surface area contributed by atoms with E-state index in [4.69, 9.17) is 0 Å². The van der Waals surface area contributed by atoms with Crippen molar-refractivity contribution in [2.75, 3.05) is 0 Å². The Kier molecular flexibility index (Phi) is 4.28. The van der Waals surface area contributed by atoms with E-state index in [0.717, 1.165) is 11.3 Å². The molecule has 1 aromatic heterocycles. The van der Waals surface area contributed by atoms with E-state index in [1.165, 1.54) is 30.6 Å². The second-order valence-electron chi connectivity index (χ2n) is 4.99. The molecule has 0 unspecified atom stereocenters. The number of hydrogen-bond acceptors (Lipinski definition) is 6. The molecule has 1 heterocycles. The molecule has 2 N–H and O–H groups in total. The number of hydrazone groups is 1. The van der Waals surface area contributed by atoms with Gasteiger partial charge in [-0.25, -0.2) is 10.1 Å². The lowest BCUT2D eigenvalue weighted by molar-refractivity contribution is 0.0955. The van der Waals surface area contributed by atoms with Crippen molar-refractivity contribution in [3.63, 3.8) is 0 Å². The van der Waals surface area contributed by atoms with Gasteiger partial charge in [-0.2, -0.15) is 5.10 Å². The number of nitrogens with one attached hydrogen (secondary N) is 1. The molecule has 0 spiro atoms. The van der Waals surface area contributed by atoms with Crippen molar-refractivity contribution in [2.45, 2.75) is 6.92 Å². The molecule has 0 aliphatic heterocycles. The molecule has 0 aliphatic carbocycles. The topological polar surface area (TPSA) is 105 Å². The molecule has 0 saturated carbocycles. The normalized spacial score (nSPS) is 11.3. The van der Waals surface area contributed by atoms with Gasteiger partial charge in [0.05, 0.1) is 11.4 Å². The number of aromatic nitrogens is 4. The minimum atomic E-state index is -0.348. The number of carbonyl (C=O) groups is 1. The first-order valence-corrected chi connectivity index (χ1v) is 7.11. The third kappa shape index (κ3) is 3.43. The van der Waals surface area contributed by atoms with E-state index in [2.05, 4.69) is 26.1 Å². The standard InChI is InChI=1S/C16H14N6O2/c1-11(18-19-16(24)13-4-8-15(23)9-5-13)12-2-6-14(7-3-12)22-10-17-20-21-22/h2-10,23H,1H3,(H,19,24)/b18-11+. The van der Waals surface area contributed by atoms with E-state index >= 15 is 0 Å². The first kappa shape index (κ1) is 15.3. The van der Waals surface area contributed by atoms with Gasteiger partial charge in [-0.1, -0.05) is 12.1 Å². The van der Waals surface area contributed by atoms with Gasteiger partial charge in [-0.05, 0) is 59.3 Å². The summed E-state index contributed by atoms with van der Waals surface area (Å²) in [5.41, 5.74) is 5.24. The smallest absolute Gasteiger partial charge is 0.271 e. The quantitative estimate of drug-likeness (QED) is 0.559. The number of tetrazole rings is 1. The molecule has 1 amide bonds. The van der Waals surface area contributed by atoms with Crippen molar-refractivity contribution in [2.24, 2.45) is 5.10 Å². The highest BCUT2D eigenvalue weighted by atomic mass is 16.3. The zero-order valence-corrected chi connectivity index (χ0v) is 12.8. The molecule has 0 bridgehead atoms. The summed E-state index contributed by atoms with van der Waals surface area (Å²) >= 11 is 0. The van der Waals surface area contributed by atoms with Crippen LogP contribution in [0.25, 0.3) is 5.69 Å². The summed E-state index contributed by atoms with van der Waals surface area (Å²) in [6.07, 6.45) is 1.51. The summed E-state index contributed by atoms with van der Waals surface area (Å²) in [5, 5.41) is 24.3. The van der Waals surface area contributed by atoms with Crippen LogP contribution in [-0.4, -0.2) is 36.9 Å². The second-order valence-corrected chi connectivity index (χ2v) is 4.99. The van der Waals surface area contributed by atoms with Crippen LogP contribution in [0.5, 0.6) is 5.75 Å². The Hall–Kier alpha value is -3.55. The van der Waals surface area contributed by atoms with Crippen LogP contribution in [0.1, 0.15) is 22.8 Å². The van der Waals surface area contributed by atoms with Crippen LogP contribution in [0.3, 0.4) is 0 Å². The number of aromatic hydroxyl groups is 1. The number of amides is 1. The zero-order valence-electron chi connectivity index (χ0n) is 12.8. The molecular weight excluding hydrogens is 308 g/mol. The summed E-state index contributed by atoms with van der Waals surface area (Å²) in [6, 6.07) is 13.4. The van der Waals surface area contributed by atoms with E-state index in [-0.39, 0.29) is 11.7 Å². The van der Waals surface area contributed by atoms with Crippen molar-refractivity contribution < 1.29 is 9.90 Å². The van der Waals surface area contributed by atoms with E-state index < -0.39 is 0 Å². The molecule has 3 aromatic rings. The minimum Gasteiger partial charge on any atom is -0.508 e. The highest BCUT2D eigenvalue weighted by molar-refractivity contribution is 6.00. The maximum Gasteiger partial charge on any atom is 0.271 e. The lowest BCUT2D eigenvalue weighted by Gasteiger charge is -2.05. The molecule has 8 nitrogen and oxygen atoms in total. The molecule has 0 aliphatic rings. The number of phenols is 1. The Morgan fingerprint density at radius 3 is 2.38 bits per heavy atom. The molecule has 0 fully saturated rings. The van der Waals surface area contributed by atoms with Crippen LogP contribution in [0, 0.1) is 0 Å². The van der Waals surface area contributed by atoms with Gasteiger partial charge in [0.2, 0.25) is 0 Å². The average molecular weight is 322 g/mol. The van der Waals surface area contributed by atoms with Crippen molar-refractivity contribution in [3.8, 4) is 11.4 Å². The monoisotopic (exact) mass is 322 g/mol. The number of phenolic OH excluding ortho intramolecular Hbond substituents is 1. The van der Waals surface area contributed by atoms with E-state index in [1.54, 1.807) is 11.6 Å². The molecule has 0 atom stereocenters. The van der Waals surface area contributed by atoms with Gasteiger partial charge in [-0.15, -0.1) is 5.10 Å². The van der Waals surface area contributed by atoms with Crippen LogP contribution in [0.4, 0.5) is 0 Å². The number of carbonyl (C=O) groups excluding carboxylic acids is 1. The summed E-state index contributed by atoms with van der Waals surface area (Å²) < 4.78 is 1.54. The zero-order chi connectivity index (χ0) is 16.9. The number of rotatable bonds is 4. The van der Waals surface area contributed by atoms with Crippen molar-refractivity contribution in [1.29, 1.82) is 0 Å². The Balaban J connectivity index is 1.69. The van der Waals surface area contributed by atoms with Crippen LogP contribution >= 0.6 is 0 Å². The maximum absolute atomic E-state index is 12.0. The molecule has 120 valence electrons. The fourth-order valence-electron chi connectivity index (χ4n) is 2.01. The Morgan fingerprint density at radius 2 is 1.75 bits per heavy atom. The molecule has 24 heavy (non-hydrogen) atoms. The molecule has 8 heteroatoms. The SMILES string of the molecule is C/C(=N\NC(=O)c1ccc(O)cc1)c1ccc(-n2cnnn2)cc1. The van der Waals surface area contributed by atoms with Gasteiger partial charge in [0.25, 0.3) is 5.91 Å². The largest absolute Gasteiger partial charge is 0.508 e. The van der Waals surface area contributed by atoms with Crippen LogP contribution < -0.4 is 5.43 Å². The lowest BCUT2D eigenvalue weighted by Crippen LogP contribution is -2.19. The fourth-order valence-corrected chi connectivity index (χ4v) is 2.01. The van der Waals surface area contributed by atoms with E-state index in [9.17, 15) is 9.90 Å². The molecule has 0 radical (unpaired) electrons. The summed E-state index contributed by atoms with van der Waals surface area (Å²) in [7, 11) is 0. The third-order valence-corrected chi connectivity index (χ3v) is 3.35. The average Bonchev–Trinajstić information content (AvgIpc) is 3.15. The van der Waals surface area contributed by atoms with Gasteiger partial charge in [0.15, 0.2) is 0 Å². The number of nitrogens with zero attached hydrogens (tertiary/aromatic N) is 5. The van der Waals surface area contributed by atoms with Crippen LogP contribution in [0.2, 0.25) is 0 Å². The van der Waals surface area contributed by atoms with E-state index in [1.807, 2.05) is 24.3 Å². The number of benzene rings is 2. The predicted octanol–water partition coefficient (Wildman–Crippen LogP) is 1.52. The Bertz CT molecular complexity index is 855. The van der Waals surface area contributed by atoms with Crippen LogP contribution in [0.15, 0.2) is 60.0 Å². The van der Waals surface area contributed by atoms with Gasteiger partial charge in [0.1, 0.15) is 12.1 Å². The second kappa shape index (κ2) is 6.69. The fraction of sp³-hybridized carbons (Fsp3) is 0.0625. The lowest BCUT2D eigenvalue weighted by atomic mass is 10.1. The van der Waals surface area contributed by atoms with Crippen LogP contribution in [-0.2, 0) is 0 Å². The van der Waals surface area contributed by atoms with E-state index in [0.29, 0.717) is 11.3 Å². The predicted molar refractivity (Wildman–Crippen MR) is 86.9 cm³/mol. The summed E-state index contributed by atoms with van der Waals surface area (Å²) in [5.74, 6) is -0.242. The van der Waals surface area contributed by atoms with Gasteiger partial charge < -0.3 is 5.11 Å². The maximum atomic E-state index is 12.0. The summed E-state index contributed by atoms with van der Waals surface area (Å²) in [4.78, 5) is 12.0. The molecule has 3 rings (SSSR count). The van der Waals surface area contributed by atoms with Crippen molar-refractivity contribution in [1.82, 2.24) is 25.6 Å². The van der Waals surface area contributed by atoms with Crippen molar-refractivity contribution in [3.05, 3.63) is 66.0 Å². The summed E-state index contributed by atoms with van der Waals surface area (Å²) in [6.45, 7) is 1.79. The van der Waals surface area contributed by atoms with Gasteiger partial charge in [-0.3, -0.25) is 4.79 Å². The minimum absolute atomic E-state index is 0.105. The van der Waals surface area contributed by atoms with Gasteiger partial charge >= 0.3 is 0 Å². The molecular formula is C16H14N6O2. The highest BCUT2D eigenvalue weighted by Crippen LogP contribution is 2.10. The first-order chi connectivity index (χ1) is 11.6. The highest BCUT2D eigenvalue weighted by Gasteiger charge is 2.05. The Morgan fingerprint density at radius 1 is 1.08 bits per heavy atom. The number of hydrogen-bond donors (Lipinski definition) is 2. The van der Waals surface area contributed by atoms with Gasteiger partial charge in [0, 0.05) is 5.56 Å². The Labute approximate surface area is 137 Å².